The van der Waals surface area contributed by atoms with Crippen molar-refractivity contribution in [2.75, 3.05) is 6.54 Å². The van der Waals surface area contributed by atoms with Crippen LogP contribution in [-0.4, -0.2) is 12.6 Å². The molecule has 1 atom stereocenters. The zero-order valence-corrected chi connectivity index (χ0v) is 10.5. The fourth-order valence-electron chi connectivity index (χ4n) is 2.62. The van der Waals surface area contributed by atoms with Gasteiger partial charge in [-0.3, -0.25) is 0 Å². The summed E-state index contributed by atoms with van der Waals surface area (Å²) in [6.07, 6.45) is 7.79. The quantitative estimate of drug-likeness (QED) is 0.682. The molecule has 1 nitrogen and oxygen atoms in total. The summed E-state index contributed by atoms with van der Waals surface area (Å²) in [4.78, 5) is 0. The Morgan fingerprint density at radius 3 is 2.53 bits per heavy atom. The minimum Gasteiger partial charge on any atom is -0.312 e. The van der Waals surface area contributed by atoms with E-state index in [0.717, 1.165) is 13.0 Å². The second kappa shape index (κ2) is 6.18. The second-order valence-corrected chi connectivity index (χ2v) is 5.00. The smallest absolute Gasteiger partial charge is 0.0248 e. The van der Waals surface area contributed by atoms with Gasteiger partial charge in [-0.1, -0.05) is 26.7 Å². The van der Waals surface area contributed by atoms with Crippen LogP contribution in [0.3, 0.4) is 0 Å². The van der Waals surface area contributed by atoms with Crippen LogP contribution in [0, 0.1) is 17.3 Å². The van der Waals surface area contributed by atoms with Crippen molar-refractivity contribution >= 4 is 0 Å². The van der Waals surface area contributed by atoms with Gasteiger partial charge in [-0.05, 0) is 38.1 Å². The van der Waals surface area contributed by atoms with Gasteiger partial charge in [0, 0.05) is 12.5 Å². The normalized spacial score (nSPS) is 20.7. The van der Waals surface area contributed by atoms with E-state index in [1.54, 1.807) is 0 Å². The second-order valence-electron chi connectivity index (χ2n) is 5.00. The highest BCUT2D eigenvalue weighted by molar-refractivity contribution is 5.03. The Morgan fingerprint density at radius 2 is 2.00 bits per heavy atom. The lowest BCUT2D eigenvalue weighted by molar-refractivity contribution is 0.224. The minimum atomic E-state index is 0.499. The molecule has 0 aromatic carbocycles. The topological polar surface area (TPSA) is 12.0 Å². The van der Waals surface area contributed by atoms with Gasteiger partial charge in [-0.2, -0.15) is 0 Å². The Morgan fingerprint density at radius 1 is 1.33 bits per heavy atom. The maximum absolute atomic E-state index is 3.68. The Kier molecular flexibility index (Phi) is 5.19. The summed E-state index contributed by atoms with van der Waals surface area (Å²) in [7, 11) is 0. The molecule has 1 aliphatic carbocycles. The monoisotopic (exact) mass is 207 g/mol. The molecule has 1 rings (SSSR count). The van der Waals surface area contributed by atoms with Gasteiger partial charge in [0.1, 0.15) is 0 Å². The Balaban J connectivity index is 2.55. The van der Waals surface area contributed by atoms with E-state index in [9.17, 15) is 0 Å². The number of rotatable bonds is 5. The van der Waals surface area contributed by atoms with E-state index in [1.807, 2.05) is 6.92 Å². The number of hydrogen-bond donors (Lipinski definition) is 1. The Hall–Kier alpha value is -0.480. The molecule has 1 saturated carbocycles. The highest BCUT2D eigenvalue weighted by Gasteiger charge is 2.35. The fourth-order valence-corrected chi connectivity index (χ4v) is 2.62. The molecule has 0 aromatic rings. The standard InChI is InChI=1S/C14H25N/c1-4-6-9-13(15-12-5-2)14(3)10-7-8-11-14/h13,15H,5,7-12H2,1-3H3. The van der Waals surface area contributed by atoms with Gasteiger partial charge in [-0.25, -0.2) is 0 Å². The molecular weight excluding hydrogens is 182 g/mol. The van der Waals surface area contributed by atoms with Crippen molar-refractivity contribution in [2.45, 2.75) is 65.3 Å². The van der Waals surface area contributed by atoms with Crippen LogP contribution in [0.5, 0.6) is 0 Å². The molecule has 0 heterocycles. The van der Waals surface area contributed by atoms with E-state index < -0.39 is 0 Å². The van der Waals surface area contributed by atoms with Crippen molar-refractivity contribution < 1.29 is 0 Å². The third kappa shape index (κ3) is 3.54. The van der Waals surface area contributed by atoms with E-state index in [1.165, 1.54) is 32.1 Å². The predicted molar refractivity (Wildman–Crippen MR) is 66.7 cm³/mol. The summed E-state index contributed by atoms with van der Waals surface area (Å²) < 4.78 is 0. The van der Waals surface area contributed by atoms with Crippen LogP contribution in [0.25, 0.3) is 0 Å². The van der Waals surface area contributed by atoms with Crippen LogP contribution in [0.15, 0.2) is 0 Å². The summed E-state index contributed by atoms with van der Waals surface area (Å²) in [5.74, 6) is 6.27. The Bertz CT molecular complexity index is 227. The maximum atomic E-state index is 3.68. The van der Waals surface area contributed by atoms with Crippen LogP contribution in [0.1, 0.15) is 59.3 Å². The molecule has 0 aliphatic heterocycles. The van der Waals surface area contributed by atoms with E-state index >= 15 is 0 Å². The van der Waals surface area contributed by atoms with Crippen LogP contribution < -0.4 is 5.32 Å². The van der Waals surface area contributed by atoms with Crippen molar-refractivity contribution in [3.05, 3.63) is 0 Å². The summed E-state index contributed by atoms with van der Waals surface area (Å²) in [5.41, 5.74) is 0.499. The van der Waals surface area contributed by atoms with Gasteiger partial charge in [0.2, 0.25) is 0 Å². The van der Waals surface area contributed by atoms with E-state index in [-0.39, 0.29) is 0 Å². The zero-order chi connectivity index (χ0) is 11.1. The number of hydrogen-bond acceptors (Lipinski definition) is 1. The van der Waals surface area contributed by atoms with Gasteiger partial charge < -0.3 is 5.32 Å². The van der Waals surface area contributed by atoms with Crippen molar-refractivity contribution in [3.8, 4) is 11.8 Å². The highest BCUT2D eigenvalue weighted by atomic mass is 14.9. The molecule has 1 unspecified atom stereocenters. The first-order valence-corrected chi connectivity index (χ1v) is 6.36. The average molecular weight is 207 g/mol. The van der Waals surface area contributed by atoms with Gasteiger partial charge in [-0.15, -0.1) is 11.8 Å². The molecule has 86 valence electrons. The first-order chi connectivity index (χ1) is 7.23. The number of nitrogens with one attached hydrogen (secondary N) is 1. The van der Waals surface area contributed by atoms with Crippen molar-refractivity contribution in [3.63, 3.8) is 0 Å². The van der Waals surface area contributed by atoms with Crippen molar-refractivity contribution in [1.29, 1.82) is 0 Å². The molecule has 0 bridgehead atoms. The molecule has 1 aliphatic rings. The summed E-state index contributed by atoms with van der Waals surface area (Å²) in [6, 6.07) is 0.604. The molecule has 1 N–H and O–H groups in total. The van der Waals surface area contributed by atoms with Gasteiger partial charge >= 0.3 is 0 Å². The first-order valence-electron chi connectivity index (χ1n) is 6.36. The predicted octanol–water partition coefficient (Wildman–Crippen LogP) is 3.35. The van der Waals surface area contributed by atoms with Crippen LogP contribution >= 0.6 is 0 Å². The van der Waals surface area contributed by atoms with E-state index in [4.69, 9.17) is 0 Å². The molecule has 0 aromatic heterocycles. The van der Waals surface area contributed by atoms with Crippen LogP contribution in [0.2, 0.25) is 0 Å². The van der Waals surface area contributed by atoms with Gasteiger partial charge in [0.05, 0.1) is 0 Å². The van der Waals surface area contributed by atoms with Crippen LogP contribution in [0.4, 0.5) is 0 Å². The first kappa shape index (κ1) is 12.6. The molecule has 1 heteroatoms. The van der Waals surface area contributed by atoms with E-state index in [2.05, 4.69) is 31.0 Å². The summed E-state index contributed by atoms with van der Waals surface area (Å²) in [5, 5.41) is 3.68. The van der Waals surface area contributed by atoms with E-state index in [0.29, 0.717) is 11.5 Å². The van der Waals surface area contributed by atoms with Gasteiger partial charge in [0.25, 0.3) is 0 Å². The van der Waals surface area contributed by atoms with Crippen LogP contribution in [-0.2, 0) is 0 Å². The molecular formula is C14H25N. The fraction of sp³-hybridized carbons (Fsp3) is 0.857. The SMILES string of the molecule is CC#CCC(NCCC)C1(C)CCCC1. The molecule has 0 amide bonds. The minimum absolute atomic E-state index is 0.499. The molecule has 15 heavy (non-hydrogen) atoms. The average Bonchev–Trinajstić information content (AvgIpc) is 2.66. The molecule has 0 spiro atoms. The largest absolute Gasteiger partial charge is 0.312 e. The maximum Gasteiger partial charge on any atom is 0.0248 e. The summed E-state index contributed by atoms with van der Waals surface area (Å²) >= 11 is 0. The lowest BCUT2D eigenvalue weighted by Gasteiger charge is -2.34. The third-order valence-corrected chi connectivity index (χ3v) is 3.71. The molecule has 0 radical (unpaired) electrons. The molecule has 1 fully saturated rings. The third-order valence-electron chi connectivity index (χ3n) is 3.71. The summed E-state index contributed by atoms with van der Waals surface area (Å²) in [6.45, 7) is 7.73. The van der Waals surface area contributed by atoms with Gasteiger partial charge in [0.15, 0.2) is 0 Å². The van der Waals surface area contributed by atoms with Crippen molar-refractivity contribution in [2.24, 2.45) is 5.41 Å². The lowest BCUT2D eigenvalue weighted by Crippen LogP contribution is -2.42. The Labute approximate surface area is 95.0 Å². The van der Waals surface area contributed by atoms with Crippen molar-refractivity contribution in [1.82, 2.24) is 5.32 Å². The highest BCUT2D eigenvalue weighted by Crippen LogP contribution is 2.41. The molecule has 0 saturated heterocycles. The zero-order valence-electron chi connectivity index (χ0n) is 10.5. The lowest BCUT2D eigenvalue weighted by atomic mass is 9.79.